The van der Waals surface area contributed by atoms with Gasteiger partial charge >= 0.3 is 6.03 Å². The number of urea groups is 1. The topological polar surface area (TPSA) is 59.6 Å². The van der Waals surface area contributed by atoms with E-state index in [4.69, 9.17) is 9.47 Å². The van der Waals surface area contributed by atoms with Crippen molar-refractivity contribution in [2.24, 2.45) is 0 Å². The summed E-state index contributed by atoms with van der Waals surface area (Å²) in [6.07, 6.45) is 3.41. The molecule has 0 radical (unpaired) electrons. The SMILES string of the molecule is COc1ccc(OC)c([C@H](C)NC(=O)Nc2ccc3c(c2)CCC3)c1. The molecule has 0 saturated carbocycles. The van der Waals surface area contributed by atoms with Crippen LogP contribution in [0.5, 0.6) is 11.5 Å². The summed E-state index contributed by atoms with van der Waals surface area (Å²) in [7, 11) is 3.23. The summed E-state index contributed by atoms with van der Waals surface area (Å²) in [5.74, 6) is 1.44. The zero-order chi connectivity index (χ0) is 17.8. The smallest absolute Gasteiger partial charge is 0.319 e. The van der Waals surface area contributed by atoms with E-state index < -0.39 is 0 Å². The van der Waals surface area contributed by atoms with Crippen molar-refractivity contribution in [2.75, 3.05) is 19.5 Å². The molecule has 5 nitrogen and oxygen atoms in total. The number of methoxy groups -OCH3 is 2. The minimum absolute atomic E-state index is 0.223. The van der Waals surface area contributed by atoms with Gasteiger partial charge in [-0.2, -0.15) is 0 Å². The third-order valence-electron chi connectivity index (χ3n) is 4.61. The highest BCUT2D eigenvalue weighted by atomic mass is 16.5. The zero-order valence-electron chi connectivity index (χ0n) is 14.9. The van der Waals surface area contributed by atoms with Crippen LogP contribution in [0.4, 0.5) is 10.5 Å². The van der Waals surface area contributed by atoms with Crippen LogP contribution in [-0.4, -0.2) is 20.3 Å². The third-order valence-corrected chi connectivity index (χ3v) is 4.61. The Kier molecular flexibility index (Phi) is 5.12. The molecule has 1 aliphatic rings. The highest BCUT2D eigenvalue weighted by Crippen LogP contribution is 2.29. The van der Waals surface area contributed by atoms with Crippen LogP contribution in [0.15, 0.2) is 36.4 Å². The molecule has 0 saturated heterocycles. The number of anilines is 1. The van der Waals surface area contributed by atoms with E-state index in [9.17, 15) is 4.79 Å². The van der Waals surface area contributed by atoms with Gasteiger partial charge in [-0.15, -0.1) is 0 Å². The van der Waals surface area contributed by atoms with E-state index in [0.29, 0.717) is 5.75 Å². The number of hydrogen-bond acceptors (Lipinski definition) is 3. The van der Waals surface area contributed by atoms with Gasteiger partial charge in [-0.3, -0.25) is 0 Å². The van der Waals surface area contributed by atoms with Crippen LogP contribution in [0.25, 0.3) is 0 Å². The molecule has 0 unspecified atom stereocenters. The number of benzene rings is 2. The van der Waals surface area contributed by atoms with Crippen molar-refractivity contribution in [3.05, 3.63) is 53.1 Å². The van der Waals surface area contributed by atoms with Gasteiger partial charge in [0.1, 0.15) is 11.5 Å². The Balaban J connectivity index is 1.68. The van der Waals surface area contributed by atoms with Crippen molar-refractivity contribution in [2.45, 2.75) is 32.2 Å². The molecule has 2 N–H and O–H groups in total. The van der Waals surface area contributed by atoms with Crippen LogP contribution in [0.2, 0.25) is 0 Å². The summed E-state index contributed by atoms with van der Waals surface area (Å²) in [6, 6.07) is 11.2. The average molecular weight is 340 g/mol. The molecule has 0 bridgehead atoms. The maximum Gasteiger partial charge on any atom is 0.319 e. The van der Waals surface area contributed by atoms with Crippen LogP contribution in [0.3, 0.4) is 0 Å². The van der Waals surface area contributed by atoms with Crippen molar-refractivity contribution in [1.29, 1.82) is 0 Å². The molecule has 0 aliphatic heterocycles. The van der Waals surface area contributed by atoms with Gasteiger partial charge in [-0.05, 0) is 67.6 Å². The van der Waals surface area contributed by atoms with Gasteiger partial charge in [-0.25, -0.2) is 4.79 Å². The van der Waals surface area contributed by atoms with Crippen molar-refractivity contribution in [1.82, 2.24) is 5.32 Å². The number of carbonyl (C=O) groups excluding carboxylic acids is 1. The molecule has 1 atom stereocenters. The van der Waals surface area contributed by atoms with E-state index in [1.165, 1.54) is 17.5 Å². The summed E-state index contributed by atoms with van der Waals surface area (Å²) in [6.45, 7) is 1.92. The monoisotopic (exact) mass is 340 g/mol. The fourth-order valence-corrected chi connectivity index (χ4v) is 3.27. The van der Waals surface area contributed by atoms with Crippen molar-refractivity contribution in [3.63, 3.8) is 0 Å². The van der Waals surface area contributed by atoms with Gasteiger partial charge in [0, 0.05) is 11.3 Å². The summed E-state index contributed by atoms with van der Waals surface area (Å²) < 4.78 is 10.7. The first-order valence-electron chi connectivity index (χ1n) is 8.52. The van der Waals surface area contributed by atoms with Crippen LogP contribution in [-0.2, 0) is 12.8 Å². The molecule has 0 heterocycles. The van der Waals surface area contributed by atoms with E-state index in [0.717, 1.165) is 29.8 Å². The van der Waals surface area contributed by atoms with Crippen LogP contribution < -0.4 is 20.1 Å². The number of fused-ring (bicyclic) bond motifs is 1. The van der Waals surface area contributed by atoms with Crippen molar-refractivity contribution in [3.8, 4) is 11.5 Å². The average Bonchev–Trinajstić information content (AvgIpc) is 3.08. The predicted molar refractivity (Wildman–Crippen MR) is 98.6 cm³/mol. The lowest BCUT2D eigenvalue weighted by Gasteiger charge is -2.18. The number of ether oxygens (including phenoxy) is 2. The summed E-state index contributed by atoms with van der Waals surface area (Å²) in [4.78, 5) is 12.4. The predicted octanol–water partition coefficient (Wildman–Crippen LogP) is 4.08. The highest BCUT2D eigenvalue weighted by Gasteiger charge is 2.16. The largest absolute Gasteiger partial charge is 0.497 e. The van der Waals surface area contributed by atoms with Crippen LogP contribution >= 0.6 is 0 Å². The maximum atomic E-state index is 12.4. The van der Waals surface area contributed by atoms with Gasteiger partial charge in [0.05, 0.1) is 20.3 Å². The number of aryl methyl sites for hydroxylation is 2. The molecule has 3 rings (SSSR count). The first-order chi connectivity index (χ1) is 12.1. The molecule has 5 heteroatoms. The summed E-state index contributed by atoms with van der Waals surface area (Å²) in [5.41, 5.74) is 4.41. The van der Waals surface area contributed by atoms with E-state index in [1.807, 2.05) is 31.2 Å². The fraction of sp³-hybridized carbons (Fsp3) is 0.350. The lowest BCUT2D eigenvalue weighted by molar-refractivity contribution is 0.249. The standard InChI is InChI=1S/C20H24N2O3/c1-13(18-12-17(24-2)9-10-19(18)25-3)21-20(23)22-16-8-7-14-5-4-6-15(14)11-16/h7-13H,4-6H2,1-3H3,(H2,21,22,23)/t13-/m0/s1. The number of carbonyl (C=O) groups is 1. The number of nitrogens with one attached hydrogen (secondary N) is 2. The minimum Gasteiger partial charge on any atom is -0.497 e. The molecular formula is C20H24N2O3. The van der Waals surface area contributed by atoms with Crippen LogP contribution in [0, 0.1) is 0 Å². The second kappa shape index (κ2) is 7.47. The first-order valence-corrected chi connectivity index (χ1v) is 8.52. The minimum atomic E-state index is -0.240. The molecule has 2 aromatic rings. The van der Waals surface area contributed by atoms with Gasteiger partial charge in [0.2, 0.25) is 0 Å². The second-order valence-electron chi connectivity index (χ2n) is 6.27. The van der Waals surface area contributed by atoms with E-state index in [2.05, 4.69) is 22.8 Å². The quantitative estimate of drug-likeness (QED) is 0.862. The van der Waals surface area contributed by atoms with Gasteiger partial charge < -0.3 is 20.1 Å². The molecule has 132 valence electrons. The Hall–Kier alpha value is -2.69. The van der Waals surface area contributed by atoms with Crippen molar-refractivity contribution >= 4 is 11.7 Å². The molecule has 25 heavy (non-hydrogen) atoms. The lowest BCUT2D eigenvalue weighted by Crippen LogP contribution is -2.31. The summed E-state index contributed by atoms with van der Waals surface area (Å²) >= 11 is 0. The van der Waals surface area contributed by atoms with E-state index in [1.54, 1.807) is 14.2 Å². The second-order valence-corrected chi connectivity index (χ2v) is 6.27. The molecule has 0 aromatic heterocycles. The molecule has 0 fully saturated rings. The molecule has 2 aromatic carbocycles. The molecule has 0 spiro atoms. The number of hydrogen-bond donors (Lipinski definition) is 2. The molecular weight excluding hydrogens is 316 g/mol. The zero-order valence-corrected chi connectivity index (χ0v) is 14.9. The molecule has 1 aliphatic carbocycles. The number of rotatable bonds is 5. The lowest BCUT2D eigenvalue weighted by atomic mass is 10.1. The fourth-order valence-electron chi connectivity index (χ4n) is 3.27. The Morgan fingerprint density at radius 2 is 1.84 bits per heavy atom. The first kappa shape index (κ1) is 17.1. The number of amides is 2. The van der Waals surface area contributed by atoms with E-state index >= 15 is 0 Å². The highest BCUT2D eigenvalue weighted by molar-refractivity contribution is 5.89. The van der Waals surface area contributed by atoms with Crippen LogP contribution in [0.1, 0.15) is 36.1 Å². The Morgan fingerprint density at radius 3 is 2.60 bits per heavy atom. The van der Waals surface area contributed by atoms with Gasteiger partial charge in [0.15, 0.2) is 0 Å². The van der Waals surface area contributed by atoms with Gasteiger partial charge in [-0.1, -0.05) is 6.07 Å². The Morgan fingerprint density at radius 1 is 1.04 bits per heavy atom. The normalized spacial score (nSPS) is 13.7. The third kappa shape index (κ3) is 3.87. The van der Waals surface area contributed by atoms with Gasteiger partial charge in [0.25, 0.3) is 0 Å². The summed E-state index contributed by atoms with van der Waals surface area (Å²) in [5, 5.41) is 5.87. The van der Waals surface area contributed by atoms with E-state index in [-0.39, 0.29) is 12.1 Å². The maximum absolute atomic E-state index is 12.4. The molecule has 2 amide bonds. The Labute approximate surface area is 148 Å². The Bertz CT molecular complexity index is 774. The van der Waals surface area contributed by atoms with Crippen molar-refractivity contribution < 1.29 is 14.3 Å².